The Balaban J connectivity index is 2.54. The number of ether oxygens (including phenoxy) is 1. The summed E-state index contributed by atoms with van der Waals surface area (Å²) >= 11 is 0. The molecule has 0 bridgehead atoms. The van der Waals surface area contributed by atoms with Crippen molar-refractivity contribution in [1.29, 1.82) is 0 Å². The van der Waals surface area contributed by atoms with Gasteiger partial charge in [-0.15, -0.1) is 0 Å². The highest BCUT2D eigenvalue weighted by Crippen LogP contribution is 2.44. The van der Waals surface area contributed by atoms with E-state index in [1.807, 2.05) is 6.07 Å². The lowest BCUT2D eigenvalue weighted by atomic mass is 9.61. The molecule has 2 rings (SSSR count). The second-order valence-electron chi connectivity index (χ2n) is 6.30. The van der Waals surface area contributed by atoms with Crippen molar-refractivity contribution in [3.63, 3.8) is 0 Å². The van der Waals surface area contributed by atoms with E-state index in [1.54, 1.807) is 6.07 Å². The summed E-state index contributed by atoms with van der Waals surface area (Å²) in [5.41, 5.74) is 7.18. The Kier molecular flexibility index (Phi) is 5.28. The van der Waals surface area contributed by atoms with Gasteiger partial charge in [-0.1, -0.05) is 32.8 Å². The highest BCUT2D eigenvalue weighted by Gasteiger charge is 2.49. The van der Waals surface area contributed by atoms with Crippen LogP contribution < -0.4 is 5.73 Å². The smallest absolute Gasteiger partial charge is 0.121 e. The van der Waals surface area contributed by atoms with Crippen molar-refractivity contribution >= 4 is 0 Å². The van der Waals surface area contributed by atoms with E-state index in [4.69, 9.17) is 4.74 Å². The maximum atomic E-state index is 9.96. The fourth-order valence-corrected chi connectivity index (χ4v) is 4.17. The number of hydrogen-bond acceptors (Lipinski definition) is 2. The molecule has 0 saturated heterocycles. The van der Waals surface area contributed by atoms with E-state index in [2.05, 4.69) is 32.6 Å². The molecule has 118 valence electrons. The molecule has 0 radical (unpaired) electrons. The number of phenolic OH excluding ortho intramolecular Hbond substituents is 1. The van der Waals surface area contributed by atoms with Crippen LogP contribution in [0.5, 0.6) is 5.75 Å². The summed E-state index contributed by atoms with van der Waals surface area (Å²) in [5.74, 6) is 0.368. The summed E-state index contributed by atoms with van der Waals surface area (Å²) in [5, 5.41) is 9.96. The first kappa shape index (κ1) is 16.3. The van der Waals surface area contributed by atoms with E-state index in [9.17, 15) is 5.11 Å². The average Bonchev–Trinajstić information content (AvgIpc) is 2.46. The predicted octanol–water partition coefficient (Wildman–Crippen LogP) is 2.80. The van der Waals surface area contributed by atoms with Gasteiger partial charge in [0.25, 0.3) is 0 Å². The maximum Gasteiger partial charge on any atom is 0.121 e. The maximum absolute atomic E-state index is 9.96. The SMILES string of the molecule is CCCC1(CCC)c2cc(O)ccc2CC(OCC)C1[NH3+]. The molecule has 0 spiro atoms. The molecule has 1 aliphatic carbocycles. The van der Waals surface area contributed by atoms with Gasteiger partial charge in [0.1, 0.15) is 17.9 Å². The van der Waals surface area contributed by atoms with Gasteiger partial charge in [-0.3, -0.25) is 0 Å². The van der Waals surface area contributed by atoms with Gasteiger partial charge < -0.3 is 15.6 Å². The lowest BCUT2D eigenvalue weighted by molar-refractivity contribution is -0.460. The summed E-state index contributed by atoms with van der Waals surface area (Å²) in [4.78, 5) is 0. The van der Waals surface area contributed by atoms with Gasteiger partial charge >= 0.3 is 0 Å². The molecule has 3 heteroatoms. The fraction of sp³-hybridized carbons (Fsp3) is 0.667. The molecule has 0 aliphatic heterocycles. The second-order valence-corrected chi connectivity index (χ2v) is 6.30. The van der Waals surface area contributed by atoms with Crippen LogP contribution in [0.4, 0.5) is 0 Å². The number of aromatic hydroxyl groups is 1. The van der Waals surface area contributed by atoms with Gasteiger partial charge in [0.05, 0.1) is 5.41 Å². The Hall–Kier alpha value is -1.06. The lowest BCUT2D eigenvalue weighted by Gasteiger charge is -2.45. The Morgan fingerprint density at radius 2 is 1.90 bits per heavy atom. The topological polar surface area (TPSA) is 57.1 Å². The third-order valence-corrected chi connectivity index (χ3v) is 4.98. The largest absolute Gasteiger partial charge is 0.508 e. The van der Waals surface area contributed by atoms with Crippen molar-refractivity contribution in [2.24, 2.45) is 0 Å². The number of rotatable bonds is 6. The van der Waals surface area contributed by atoms with Crippen molar-refractivity contribution in [2.75, 3.05) is 6.61 Å². The molecule has 4 N–H and O–H groups in total. The highest BCUT2D eigenvalue weighted by molar-refractivity contribution is 5.44. The average molecular weight is 292 g/mol. The number of fused-ring (bicyclic) bond motifs is 1. The molecule has 0 amide bonds. The van der Waals surface area contributed by atoms with Crippen LogP contribution in [0.2, 0.25) is 0 Å². The molecule has 0 fully saturated rings. The molecule has 2 atom stereocenters. The summed E-state index contributed by atoms with van der Waals surface area (Å²) in [6.45, 7) is 7.26. The molecule has 3 nitrogen and oxygen atoms in total. The van der Waals surface area contributed by atoms with Crippen LogP contribution in [0.25, 0.3) is 0 Å². The quantitative estimate of drug-likeness (QED) is 0.847. The number of quaternary nitrogens is 1. The van der Waals surface area contributed by atoms with Gasteiger partial charge in [0, 0.05) is 13.0 Å². The van der Waals surface area contributed by atoms with Gasteiger partial charge in [0.2, 0.25) is 0 Å². The standard InChI is InChI=1S/C18H29NO2/c1-4-9-18(10-5-2)15-12-14(20)8-7-13(15)11-16(17(18)19)21-6-3/h7-8,12,16-17,20H,4-6,9-11,19H2,1-3H3/p+1. The minimum absolute atomic E-state index is 0.0374. The zero-order chi connectivity index (χ0) is 15.5. The van der Waals surface area contributed by atoms with Crippen LogP contribution in [0.3, 0.4) is 0 Å². The Labute approximate surface area is 128 Å². The van der Waals surface area contributed by atoms with Crippen LogP contribution in [0, 0.1) is 0 Å². The zero-order valence-corrected chi connectivity index (χ0v) is 13.7. The van der Waals surface area contributed by atoms with E-state index < -0.39 is 0 Å². The fourth-order valence-electron chi connectivity index (χ4n) is 4.17. The molecular formula is C18H30NO2+. The number of benzene rings is 1. The van der Waals surface area contributed by atoms with E-state index in [0.717, 1.165) is 38.7 Å². The summed E-state index contributed by atoms with van der Waals surface area (Å²) in [7, 11) is 0. The molecule has 0 saturated carbocycles. The highest BCUT2D eigenvalue weighted by atomic mass is 16.5. The van der Waals surface area contributed by atoms with Crippen molar-refractivity contribution in [3.8, 4) is 5.75 Å². The summed E-state index contributed by atoms with van der Waals surface area (Å²) in [6.07, 6.45) is 5.56. The van der Waals surface area contributed by atoms with Gasteiger partial charge in [-0.25, -0.2) is 0 Å². The molecule has 2 unspecified atom stereocenters. The van der Waals surface area contributed by atoms with Gasteiger partial charge in [0.15, 0.2) is 0 Å². The van der Waals surface area contributed by atoms with Crippen LogP contribution in [0.1, 0.15) is 57.6 Å². The third-order valence-electron chi connectivity index (χ3n) is 4.98. The van der Waals surface area contributed by atoms with Crippen molar-refractivity contribution < 1.29 is 15.6 Å². The molecule has 1 aliphatic rings. The Morgan fingerprint density at radius 1 is 1.24 bits per heavy atom. The minimum atomic E-state index is 0.0374. The molecule has 0 aromatic heterocycles. The van der Waals surface area contributed by atoms with E-state index in [-0.39, 0.29) is 17.6 Å². The van der Waals surface area contributed by atoms with E-state index in [0.29, 0.717) is 5.75 Å². The molecular weight excluding hydrogens is 262 g/mol. The summed E-state index contributed by atoms with van der Waals surface area (Å²) < 4.78 is 6.01. The normalized spacial score (nSPS) is 23.8. The second kappa shape index (κ2) is 6.80. The lowest BCUT2D eigenvalue weighted by Crippen LogP contribution is -2.76. The minimum Gasteiger partial charge on any atom is -0.508 e. The first-order chi connectivity index (χ1) is 10.1. The van der Waals surface area contributed by atoms with E-state index in [1.165, 1.54) is 11.1 Å². The van der Waals surface area contributed by atoms with Crippen molar-refractivity contribution in [1.82, 2.24) is 0 Å². The van der Waals surface area contributed by atoms with Crippen molar-refractivity contribution in [2.45, 2.75) is 70.4 Å². The zero-order valence-electron chi connectivity index (χ0n) is 13.7. The Morgan fingerprint density at radius 3 is 2.48 bits per heavy atom. The van der Waals surface area contributed by atoms with Crippen LogP contribution in [-0.2, 0) is 16.6 Å². The molecule has 1 aromatic carbocycles. The molecule has 1 aromatic rings. The van der Waals surface area contributed by atoms with Crippen LogP contribution in [0.15, 0.2) is 18.2 Å². The molecule has 21 heavy (non-hydrogen) atoms. The predicted molar refractivity (Wildman–Crippen MR) is 85.4 cm³/mol. The number of hydrogen-bond donors (Lipinski definition) is 2. The Bertz CT molecular complexity index is 466. The van der Waals surface area contributed by atoms with Gasteiger partial charge in [-0.05, 0) is 43.0 Å². The monoisotopic (exact) mass is 292 g/mol. The van der Waals surface area contributed by atoms with E-state index >= 15 is 0 Å². The van der Waals surface area contributed by atoms with Crippen LogP contribution >= 0.6 is 0 Å². The third kappa shape index (κ3) is 2.95. The van der Waals surface area contributed by atoms with Crippen LogP contribution in [-0.4, -0.2) is 23.9 Å². The number of phenols is 1. The molecule has 0 heterocycles. The van der Waals surface area contributed by atoms with Gasteiger partial charge in [-0.2, -0.15) is 0 Å². The first-order valence-corrected chi connectivity index (χ1v) is 8.36. The van der Waals surface area contributed by atoms with Crippen molar-refractivity contribution in [3.05, 3.63) is 29.3 Å². The first-order valence-electron chi connectivity index (χ1n) is 8.36. The summed E-state index contributed by atoms with van der Waals surface area (Å²) in [6, 6.07) is 6.09.